The molecular formula is C15H21NO4S. The lowest BCUT2D eigenvalue weighted by Gasteiger charge is -2.30. The number of nitrogens with zero attached hydrogens (tertiary/aromatic N) is 1. The van der Waals surface area contributed by atoms with Gasteiger partial charge in [-0.25, -0.2) is 8.42 Å². The minimum absolute atomic E-state index is 0.0950. The van der Waals surface area contributed by atoms with Crippen molar-refractivity contribution in [3.05, 3.63) is 29.8 Å². The number of hydrogen-bond acceptors (Lipinski definition) is 3. The first kappa shape index (κ1) is 16.0. The molecule has 6 heteroatoms. The third kappa shape index (κ3) is 3.83. The largest absolute Gasteiger partial charge is 0.481 e. The van der Waals surface area contributed by atoms with E-state index in [0.717, 1.165) is 19.3 Å². The zero-order chi connectivity index (χ0) is 15.5. The van der Waals surface area contributed by atoms with E-state index in [1.165, 1.54) is 16.4 Å². The van der Waals surface area contributed by atoms with Gasteiger partial charge in [-0.1, -0.05) is 25.5 Å². The van der Waals surface area contributed by atoms with Crippen LogP contribution in [0.2, 0.25) is 0 Å². The molecule has 1 heterocycles. The summed E-state index contributed by atoms with van der Waals surface area (Å²) in [5, 5.41) is 8.72. The van der Waals surface area contributed by atoms with Crippen LogP contribution in [0.25, 0.3) is 0 Å². The molecule has 1 saturated heterocycles. The Hall–Kier alpha value is -1.40. The fourth-order valence-corrected chi connectivity index (χ4v) is 4.13. The lowest BCUT2D eigenvalue weighted by Crippen LogP contribution is -2.38. The fraction of sp³-hybridized carbons (Fsp3) is 0.533. The topological polar surface area (TPSA) is 74.7 Å². The number of piperidine rings is 1. The van der Waals surface area contributed by atoms with Crippen LogP contribution in [0.1, 0.15) is 31.7 Å². The van der Waals surface area contributed by atoms with Crippen LogP contribution in [-0.2, 0) is 21.2 Å². The molecule has 1 aliphatic rings. The molecule has 0 aliphatic carbocycles. The molecule has 21 heavy (non-hydrogen) atoms. The molecule has 1 aliphatic heterocycles. The van der Waals surface area contributed by atoms with Crippen molar-refractivity contribution in [1.82, 2.24) is 4.31 Å². The molecule has 1 aromatic rings. The fourth-order valence-electron chi connectivity index (χ4n) is 2.66. The number of sulfonamides is 1. The number of hydrogen-bond donors (Lipinski definition) is 1. The number of rotatable bonds is 5. The Morgan fingerprint density at radius 2 is 1.81 bits per heavy atom. The van der Waals surface area contributed by atoms with E-state index in [2.05, 4.69) is 6.92 Å². The zero-order valence-electron chi connectivity index (χ0n) is 12.2. The van der Waals surface area contributed by atoms with Gasteiger partial charge in [-0.15, -0.1) is 0 Å². The third-order valence-electron chi connectivity index (χ3n) is 4.07. The minimum Gasteiger partial charge on any atom is -0.481 e. The van der Waals surface area contributed by atoms with Crippen molar-refractivity contribution >= 4 is 16.0 Å². The maximum absolute atomic E-state index is 12.5. The molecule has 0 atom stereocenters. The summed E-state index contributed by atoms with van der Waals surface area (Å²) >= 11 is 0. The number of carbonyl (C=O) groups is 1. The standard InChI is InChI=1S/C15H21NO4S/c1-2-12-7-9-16(10-8-12)21(19,20)14-5-3-13(4-6-14)11-15(17)18/h3-6,12H,2,7-11H2,1H3,(H,17,18). The van der Waals surface area contributed by atoms with E-state index >= 15 is 0 Å². The monoisotopic (exact) mass is 311 g/mol. The Kier molecular flexibility index (Phi) is 5.00. The summed E-state index contributed by atoms with van der Waals surface area (Å²) in [5.74, 6) is -0.304. The van der Waals surface area contributed by atoms with Gasteiger partial charge in [-0.2, -0.15) is 4.31 Å². The molecule has 1 aromatic carbocycles. The highest BCUT2D eigenvalue weighted by Gasteiger charge is 2.28. The van der Waals surface area contributed by atoms with Gasteiger partial charge in [0, 0.05) is 13.1 Å². The van der Waals surface area contributed by atoms with Gasteiger partial charge in [0.2, 0.25) is 10.0 Å². The lowest BCUT2D eigenvalue weighted by molar-refractivity contribution is -0.136. The molecule has 0 amide bonds. The Morgan fingerprint density at radius 1 is 1.24 bits per heavy atom. The van der Waals surface area contributed by atoms with Gasteiger partial charge in [0.25, 0.3) is 0 Å². The maximum Gasteiger partial charge on any atom is 0.307 e. The van der Waals surface area contributed by atoms with Gasteiger partial charge in [-0.3, -0.25) is 4.79 Å². The van der Waals surface area contributed by atoms with E-state index in [1.54, 1.807) is 12.1 Å². The molecule has 2 rings (SSSR count). The number of aliphatic carboxylic acids is 1. The molecule has 0 unspecified atom stereocenters. The molecule has 1 N–H and O–H groups in total. The van der Waals surface area contributed by atoms with Gasteiger partial charge in [0.1, 0.15) is 0 Å². The van der Waals surface area contributed by atoms with E-state index < -0.39 is 16.0 Å². The predicted octanol–water partition coefficient (Wildman–Crippen LogP) is 2.12. The first-order valence-electron chi connectivity index (χ1n) is 7.24. The van der Waals surface area contributed by atoms with Crippen LogP contribution in [-0.4, -0.2) is 36.9 Å². The van der Waals surface area contributed by atoms with Crippen molar-refractivity contribution in [2.24, 2.45) is 5.92 Å². The van der Waals surface area contributed by atoms with Crippen LogP contribution < -0.4 is 0 Å². The quantitative estimate of drug-likeness (QED) is 0.904. The number of benzene rings is 1. The van der Waals surface area contributed by atoms with Crippen molar-refractivity contribution in [3.8, 4) is 0 Å². The van der Waals surface area contributed by atoms with Gasteiger partial charge in [-0.05, 0) is 36.5 Å². The van der Waals surface area contributed by atoms with Crippen LogP contribution in [0.15, 0.2) is 29.2 Å². The van der Waals surface area contributed by atoms with Gasteiger partial charge >= 0.3 is 5.97 Å². The average molecular weight is 311 g/mol. The summed E-state index contributed by atoms with van der Waals surface area (Å²) in [4.78, 5) is 10.9. The molecular weight excluding hydrogens is 290 g/mol. The second kappa shape index (κ2) is 6.58. The molecule has 0 spiro atoms. The first-order valence-corrected chi connectivity index (χ1v) is 8.68. The van der Waals surface area contributed by atoms with Crippen LogP contribution in [0.3, 0.4) is 0 Å². The van der Waals surface area contributed by atoms with E-state index in [4.69, 9.17) is 5.11 Å². The smallest absolute Gasteiger partial charge is 0.307 e. The lowest BCUT2D eigenvalue weighted by atomic mass is 9.96. The molecule has 5 nitrogen and oxygen atoms in total. The van der Waals surface area contributed by atoms with Crippen molar-refractivity contribution < 1.29 is 18.3 Å². The molecule has 0 bridgehead atoms. The number of carboxylic acid groups (broad SMARTS) is 1. The molecule has 0 saturated carbocycles. The van der Waals surface area contributed by atoms with E-state index in [0.29, 0.717) is 24.6 Å². The zero-order valence-corrected chi connectivity index (χ0v) is 13.0. The van der Waals surface area contributed by atoms with Crippen molar-refractivity contribution in [2.75, 3.05) is 13.1 Å². The average Bonchev–Trinajstić information content (AvgIpc) is 2.47. The Balaban J connectivity index is 2.11. The molecule has 1 fully saturated rings. The molecule has 116 valence electrons. The summed E-state index contributed by atoms with van der Waals surface area (Å²) in [6.07, 6.45) is 2.82. The maximum atomic E-state index is 12.5. The van der Waals surface area contributed by atoms with E-state index in [9.17, 15) is 13.2 Å². The Morgan fingerprint density at radius 3 is 2.29 bits per heavy atom. The second-order valence-electron chi connectivity index (χ2n) is 5.47. The van der Waals surface area contributed by atoms with Gasteiger partial charge in [0.05, 0.1) is 11.3 Å². The van der Waals surface area contributed by atoms with E-state index in [-0.39, 0.29) is 11.3 Å². The highest BCUT2D eigenvalue weighted by Crippen LogP contribution is 2.25. The van der Waals surface area contributed by atoms with E-state index in [1.807, 2.05) is 0 Å². The SMILES string of the molecule is CCC1CCN(S(=O)(=O)c2ccc(CC(=O)O)cc2)CC1. The highest BCUT2D eigenvalue weighted by atomic mass is 32.2. The first-order chi connectivity index (χ1) is 9.93. The Bertz CT molecular complexity index is 587. The van der Waals surface area contributed by atoms with Crippen LogP contribution >= 0.6 is 0 Å². The van der Waals surface area contributed by atoms with Crippen molar-refractivity contribution in [2.45, 2.75) is 37.5 Å². The minimum atomic E-state index is -3.45. The van der Waals surface area contributed by atoms with Crippen LogP contribution in [0, 0.1) is 5.92 Å². The Labute approximate surface area is 125 Å². The molecule has 0 radical (unpaired) electrons. The van der Waals surface area contributed by atoms with Crippen molar-refractivity contribution in [3.63, 3.8) is 0 Å². The van der Waals surface area contributed by atoms with Crippen LogP contribution in [0.4, 0.5) is 0 Å². The summed E-state index contributed by atoms with van der Waals surface area (Å²) in [6.45, 7) is 3.27. The summed E-state index contributed by atoms with van der Waals surface area (Å²) < 4.78 is 26.6. The normalized spacial score (nSPS) is 17.8. The van der Waals surface area contributed by atoms with Crippen LogP contribution in [0.5, 0.6) is 0 Å². The second-order valence-corrected chi connectivity index (χ2v) is 7.41. The summed E-state index contributed by atoms with van der Waals surface area (Å²) in [6, 6.07) is 6.14. The summed E-state index contributed by atoms with van der Waals surface area (Å²) in [5.41, 5.74) is 0.603. The van der Waals surface area contributed by atoms with Crippen molar-refractivity contribution in [1.29, 1.82) is 0 Å². The van der Waals surface area contributed by atoms with Gasteiger partial charge in [0.15, 0.2) is 0 Å². The molecule has 0 aromatic heterocycles. The highest BCUT2D eigenvalue weighted by molar-refractivity contribution is 7.89. The summed E-state index contributed by atoms with van der Waals surface area (Å²) in [7, 11) is -3.45. The number of carboxylic acids is 1. The predicted molar refractivity (Wildman–Crippen MR) is 79.6 cm³/mol. The third-order valence-corrected chi connectivity index (χ3v) is 5.98. The van der Waals surface area contributed by atoms with Gasteiger partial charge < -0.3 is 5.11 Å².